The van der Waals surface area contributed by atoms with Crippen LogP contribution in [0.1, 0.15) is 5.56 Å². The maximum Gasteiger partial charge on any atom is 0.251 e. The molecule has 2 aromatic carbocycles. The lowest BCUT2D eigenvalue weighted by Gasteiger charge is -2.12. The van der Waals surface area contributed by atoms with E-state index >= 15 is 0 Å². The van der Waals surface area contributed by atoms with Crippen molar-refractivity contribution in [3.05, 3.63) is 64.2 Å². The van der Waals surface area contributed by atoms with Crippen LogP contribution in [0.4, 0.5) is 10.1 Å². The summed E-state index contributed by atoms with van der Waals surface area (Å²) < 4.78 is 24.3. The summed E-state index contributed by atoms with van der Waals surface area (Å²) in [5.41, 5.74) is 1.23. The molecule has 3 aromatic rings. The first-order valence-corrected chi connectivity index (χ1v) is 9.00. The Labute approximate surface area is 166 Å². The minimum Gasteiger partial charge on any atom is -0.496 e. The van der Waals surface area contributed by atoms with Gasteiger partial charge < -0.3 is 25.1 Å². The van der Waals surface area contributed by atoms with E-state index in [1.54, 1.807) is 50.6 Å². The Hall–Kier alpha value is -3.13. The number of aromatic nitrogens is 1. The molecule has 0 saturated heterocycles. The first-order chi connectivity index (χ1) is 13.5. The molecule has 0 atom stereocenters. The van der Waals surface area contributed by atoms with Crippen molar-refractivity contribution in [3.63, 3.8) is 0 Å². The van der Waals surface area contributed by atoms with Gasteiger partial charge in [0.2, 0.25) is 0 Å². The van der Waals surface area contributed by atoms with Crippen molar-refractivity contribution in [1.82, 2.24) is 10.3 Å². The van der Waals surface area contributed by atoms with Gasteiger partial charge in [0, 0.05) is 17.5 Å². The smallest absolute Gasteiger partial charge is 0.251 e. The molecule has 28 heavy (non-hydrogen) atoms. The molecule has 0 aliphatic heterocycles. The predicted molar refractivity (Wildman–Crippen MR) is 112 cm³/mol. The molecule has 1 aromatic heterocycles. The van der Waals surface area contributed by atoms with Crippen molar-refractivity contribution in [1.29, 1.82) is 0 Å². The molecule has 0 radical (unpaired) electrons. The molecule has 0 saturated carbocycles. The van der Waals surface area contributed by atoms with Crippen LogP contribution in [0.5, 0.6) is 11.5 Å². The Morgan fingerprint density at radius 2 is 1.86 bits per heavy atom. The number of hydrogen-bond donors (Lipinski definition) is 3. The molecule has 6 nitrogen and oxygen atoms in total. The number of methoxy groups -OCH3 is 2. The van der Waals surface area contributed by atoms with Crippen LogP contribution in [0.2, 0.25) is 0 Å². The van der Waals surface area contributed by atoms with Crippen molar-refractivity contribution >= 4 is 33.9 Å². The quantitative estimate of drug-likeness (QED) is 0.551. The molecule has 0 spiro atoms. The number of anilines is 1. The van der Waals surface area contributed by atoms with Gasteiger partial charge in [-0.3, -0.25) is 4.79 Å². The first kappa shape index (κ1) is 19.6. The summed E-state index contributed by atoms with van der Waals surface area (Å²) in [6, 6.07) is 11.6. The lowest BCUT2D eigenvalue weighted by Crippen LogP contribution is -2.31. The third kappa shape index (κ3) is 4.23. The van der Waals surface area contributed by atoms with Crippen LogP contribution in [0.15, 0.2) is 47.3 Å². The molecule has 3 N–H and O–H groups in total. The van der Waals surface area contributed by atoms with E-state index in [1.165, 1.54) is 6.07 Å². The van der Waals surface area contributed by atoms with Gasteiger partial charge in [-0.15, -0.1) is 0 Å². The van der Waals surface area contributed by atoms with Gasteiger partial charge in [-0.05, 0) is 49.0 Å². The van der Waals surface area contributed by atoms with E-state index in [9.17, 15) is 9.18 Å². The number of halogens is 1. The highest BCUT2D eigenvalue weighted by molar-refractivity contribution is 7.80. The standard InChI is InChI=1S/C20H20FN3O3S/c1-26-16-7-8-17(27-2)18-13(16)11-12(19(25)24-18)9-10-22-20(28)23-15-6-4-3-5-14(15)21/h3-8,11H,9-10H2,1-2H3,(H,24,25)(H2,22,23,28). The van der Waals surface area contributed by atoms with Crippen LogP contribution in [-0.2, 0) is 6.42 Å². The summed E-state index contributed by atoms with van der Waals surface area (Å²) in [5.74, 6) is 0.810. The summed E-state index contributed by atoms with van der Waals surface area (Å²) in [5, 5.41) is 6.81. The molecule has 8 heteroatoms. The third-order valence-electron chi connectivity index (χ3n) is 4.26. The fourth-order valence-corrected chi connectivity index (χ4v) is 3.07. The number of rotatable bonds is 6. The van der Waals surface area contributed by atoms with E-state index in [1.807, 2.05) is 0 Å². The van der Waals surface area contributed by atoms with Crippen LogP contribution in [0.25, 0.3) is 10.9 Å². The molecule has 0 amide bonds. The number of para-hydroxylation sites is 1. The van der Waals surface area contributed by atoms with Gasteiger partial charge in [-0.1, -0.05) is 12.1 Å². The van der Waals surface area contributed by atoms with E-state index in [2.05, 4.69) is 15.6 Å². The number of thiocarbonyl (C=S) groups is 1. The SMILES string of the molecule is COc1ccc(OC)c2[nH]c(=O)c(CCNC(=S)Nc3ccccc3F)cc12. The lowest BCUT2D eigenvalue weighted by atomic mass is 10.1. The minimum absolute atomic E-state index is 0.214. The highest BCUT2D eigenvalue weighted by atomic mass is 32.1. The molecule has 146 valence electrons. The Balaban J connectivity index is 1.72. The number of nitrogens with one attached hydrogen (secondary N) is 3. The Kier molecular flexibility index (Phi) is 6.10. The summed E-state index contributed by atoms with van der Waals surface area (Å²) >= 11 is 5.18. The summed E-state index contributed by atoms with van der Waals surface area (Å²) in [4.78, 5) is 15.3. The highest BCUT2D eigenvalue weighted by Crippen LogP contribution is 2.31. The van der Waals surface area contributed by atoms with Crippen molar-refractivity contribution in [2.24, 2.45) is 0 Å². The Bertz CT molecular complexity index is 1070. The van der Waals surface area contributed by atoms with Gasteiger partial charge in [0.25, 0.3) is 5.56 Å². The second kappa shape index (κ2) is 8.71. The zero-order chi connectivity index (χ0) is 20.1. The molecule has 3 rings (SSSR count). The maximum atomic E-state index is 13.7. The van der Waals surface area contributed by atoms with Gasteiger partial charge in [-0.2, -0.15) is 0 Å². The van der Waals surface area contributed by atoms with E-state index in [0.717, 1.165) is 5.39 Å². The molecule has 0 aliphatic rings. The van der Waals surface area contributed by atoms with Crippen molar-refractivity contribution in [3.8, 4) is 11.5 Å². The summed E-state index contributed by atoms with van der Waals surface area (Å²) in [7, 11) is 3.11. The van der Waals surface area contributed by atoms with Crippen LogP contribution >= 0.6 is 12.2 Å². The molecule has 0 unspecified atom stereocenters. The lowest BCUT2D eigenvalue weighted by molar-refractivity contribution is 0.409. The highest BCUT2D eigenvalue weighted by Gasteiger charge is 2.11. The monoisotopic (exact) mass is 401 g/mol. The van der Waals surface area contributed by atoms with Gasteiger partial charge in [-0.25, -0.2) is 4.39 Å². The molecular formula is C20H20FN3O3S. The van der Waals surface area contributed by atoms with Crippen molar-refractivity contribution in [2.45, 2.75) is 6.42 Å². The van der Waals surface area contributed by atoms with Gasteiger partial charge in [0.15, 0.2) is 5.11 Å². The molecular weight excluding hydrogens is 381 g/mol. The van der Waals surface area contributed by atoms with Crippen LogP contribution in [0.3, 0.4) is 0 Å². The fourth-order valence-electron chi connectivity index (χ4n) is 2.86. The summed E-state index contributed by atoms with van der Waals surface area (Å²) in [6.07, 6.45) is 0.421. The van der Waals surface area contributed by atoms with Crippen molar-refractivity contribution < 1.29 is 13.9 Å². The number of hydrogen-bond acceptors (Lipinski definition) is 4. The molecule has 1 heterocycles. The second-order valence-electron chi connectivity index (χ2n) is 5.99. The Morgan fingerprint density at radius 3 is 2.57 bits per heavy atom. The van der Waals surface area contributed by atoms with Crippen LogP contribution in [-0.4, -0.2) is 30.9 Å². The van der Waals surface area contributed by atoms with Crippen LogP contribution < -0.4 is 25.7 Å². The van der Waals surface area contributed by atoms with E-state index in [-0.39, 0.29) is 10.7 Å². The van der Waals surface area contributed by atoms with Gasteiger partial charge >= 0.3 is 0 Å². The topological polar surface area (TPSA) is 75.4 Å². The van der Waals surface area contributed by atoms with Gasteiger partial charge in [0.1, 0.15) is 17.3 Å². The van der Waals surface area contributed by atoms with E-state index in [0.29, 0.717) is 41.2 Å². The van der Waals surface area contributed by atoms with Crippen molar-refractivity contribution in [2.75, 3.05) is 26.1 Å². The van der Waals surface area contributed by atoms with E-state index in [4.69, 9.17) is 21.7 Å². The number of fused-ring (bicyclic) bond motifs is 1. The number of pyridine rings is 1. The Morgan fingerprint density at radius 1 is 1.14 bits per heavy atom. The average Bonchev–Trinajstić information content (AvgIpc) is 2.69. The predicted octanol–water partition coefficient (Wildman–Crippen LogP) is 3.21. The number of H-pyrrole nitrogens is 1. The number of aromatic amines is 1. The molecule has 0 bridgehead atoms. The largest absolute Gasteiger partial charge is 0.496 e. The second-order valence-corrected chi connectivity index (χ2v) is 6.40. The average molecular weight is 401 g/mol. The minimum atomic E-state index is -0.390. The normalized spacial score (nSPS) is 10.5. The maximum absolute atomic E-state index is 13.7. The zero-order valence-corrected chi connectivity index (χ0v) is 16.3. The van der Waals surface area contributed by atoms with Crippen LogP contribution in [0, 0.1) is 5.82 Å². The zero-order valence-electron chi connectivity index (χ0n) is 15.5. The number of ether oxygens (including phenoxy) is 2. The van der Waals surface area contributed by atoms with Gasteiger partial charge in [0.05, 0.1) is 25.4 Å². The summed E-state index contributed by atoms with van der Waals surface area (Å²) in [6.45, 7) is 0.404. The fraction of sp³-hybridized carbons (Fsp3) is 0.200. The first-order valence-electron chi connectivity index (χ1n) is 8.59. The van der Waals surface area contributed by atoms with E-state index < -0.39 is 5.82 Å². The molecule has 0 fully saturated rings. The molecule has 0 aliphatic carbocycles. The third-order valence-corrected chi connectivity index (χ3v) is 4.50. The number of benzene rings is 2.